The molecule has 1 rings (SSSR count). The fourth-order valence-electron chi connectivity index (χ4n) is 2.71. The molecule has 100 valence electrons. The Balaban J connectivity index is 2.47. The maximum absolute atomic E-state index is 12.1. The minimum atomic E-state index is 0.00968. The largest absolute Gasteiger partial charge is 0.353 e. The third kappa shape index (κ3) is 4.66. The predicted molar refractivity (Wildman–Crippen MR) is 71.6 cm³/mol. The van der Waals surface area contributed by atoms with Gasteiger partial charge >= 0.3 is 0 Å². The van der Waals surface area contributed by atoms with Crippen molar-refractivity contribution in [3.63, 3.8) is 0 Å². The molecule has 3 unspecified atom stereocenters. The lowest BCUT2D eigenvalue weighted by Gasteiger charge is -2.25. The Morgan fingerprint density at radius 2 is 2.06 bits per heavy atom. The van der Waals surface area contributed by atoms with Crippen molar-refractivity contribution < 1.29 is 4.79 Å². The SMILES string of the molecule is CCCC(CN)C(=O)NC1CCCCCC1C. The lowest BCUT2D eigenvalue weighted by molar-refractivity contribution is -0.126. The monoisotopic (exact) mass is 240 g/mol. The highest BCUT2D eigenvalue weighted by Gasteiger charge is 2.24. The number of nitrogens with two attached hydrogens (primary N) is 1. The highest BCUT2D eigenvalue weighted by molar-refractivity contribution is 5.79. The quantitative estimate of drug-likeness (QED) is 0.725. The molecule has 0 aromatic heterocycles. The summed E-state index contributed by atoms with van der Waals surface area (Å²) in [5.74, 6) is 0.796. The summed E-state index contributed by atoms with van der Waals surface area (Å²) >= 11 is 0. The van der Waals surface area contributed by atoms with Crippen molar-refractivity contribution >= 4 is 5.91 Å². The molecule has 3 nitrogen and oxygen atoms in total. The maximum Gasteiger partial charge on any atom is 0.224 e. The highest BCUT2D eigenvalue weighted by Crippen LogP contribution is 2.23. The molecule has 1 aliphatic carbocycles. The molecule has 0 spiro atoms. The second-order valence-corrected chi connectivity index (χ2v) is 5.45. The number of nitrogens with one attached hydrogen (secondary N) is 1. The Labute approximate surface area is 106 Å². The van der Waals surface area contributed by atoms with Gasteiger partial charge in [0, 0.05) is 12.6 Å². The molecule has 3 N–H and O–H groups in total. The van der Waals surface area contributed by atoms with Gasteiger partial charge in [-0.15, -0.1) is 0 Å². The van der Waals surface area contributed by atoms with Crippen molar-refractivity contribution in [3.8, 4) is 0 Å². The van der Waals surface area contributed by atoms with E-state index in [9.17, 15) is 4.79 Å². The molecule has 0 radical (unpaired) electrons. The number of carbonyl (C=O) groups excluding carboxylic acids is 1. The van der Waals surface area contributed by atoms with E-state index in [0.29, 0.717) is 18.5 Å². The Hall–Kier alpha value is -0.570. The van der Waals surface area contributed by atoms with E-state index in [-0.39, 0.29) is 11.8 Å². The molecule has 3 atom stereocenters. The van der Waals surface area contributed by atoms with Crippen LogP contribution in [0.5, 0.6) is 0 Å². The molecular weight excluding hydrogens is 212 g/mol. The summed E-state index contributed by atoms with van der Waals surface area (Å²) in [5.41, 5.74) is 5.67. The number of hydrogen-bond donors (Lipinski definition) is 2. The molecule has 0 saturated heterocycles. The van der Waals surface area contributed by atoms with E-state index < -0.39 is 0 Å². The minimum Gasteiger partial charge on any atom is -0.353 e. The molecule has 3 heteroatoms. The fourth-order valence-corrected chi connectivity index (χ4v) is 2.71. The number of hydrogen-bond acceptors (Lipinski definition) is 2. The normalized spacial score (nSPS) is 27.2. The van der Waals surface area contributed by atoms with Gasteiger partial charge in [-0.3, -0.25) is 4.79 Å². The lowest BCUT2D eigenvalue weighted by Crippen LogP contribution is -2.43. The fraction of sp³-hybridized carbons (Fsp3) is 0.929. The van der Waals surface area contributed by atoms with Crippen LogP contribution < -0.4 is 11.1 Å². The van der Waals surface area contributed by atoms with Crippen LogP contribution in [0.4, 0.5) is 0 Å². The Kier molecular flexibility index (Phi) is 6.56. The topological polar surface area (TPSA) is 55.1 Å². The first-order chi connectivity index (χ1) is 8.19. The van der Waals surface area contributed by atoms with Crippen molar-refractivity contribution in [1.29, 1.82) is 0 Å². The van der Waals surface area contributed by atoms with Crippen molar-refractivity contribution in [1.82, 2.24) is 5.32 Å². The lowest BCUT2D eigenvalue weighted by atomic mass is 9.95. The molecule has 0 aromatic carbocycles. The summed E-state index contributed by atoms with van der Waals surface area (Å²) < 4.78 is 0. The Bertz CT molecular complexity index is 230. The molecule has 1 aliphatic rings. The van der Waals surface area contributed by atoms with Crippen LogP contribution in [0.2, 0.25) is 0 Å². The summed E-state index contributed by atoms with van der Waals surface area (Å²) in [6, 6.07) is 0.371. The zero-order valence-electron chi connectivity index (χ0n) is 11.4. The van der Waals surface area contributed by atoms with Crippen LogP contribution in [0.3, 0.4) is 0 Å². The van der Waals surface area contributed by atoms with E-state index in [4.69, 9.17) is 5.73 Å². The van der Waals surface area contributed by atoms with Gasteiger partial charge < -0.3 is 11.1 Å². The van der Waals surface area contributed by atoms with E-state index >= 15 is 0 Å². The molecule has 1 saturated carbocycles. The molecule has 0 aliphatic heterocycles. The van der Waals surface area contributed by atoms with Crippen LogP contribution in [-0.4, -0.2) is 18.5 Å². The van der Waals surface area contributed by atoms with Gasteiger partial charge in [-0.05, 0) is 25.2 Å². The van der Waals surface area contributed by atoms with Gasteiger partial charge in [0.2, 0.25) is 5.91 Å². The van der Waals surface area contributed by atoms with Crippen LogP contribution in [0.25, 0.3) is 0 Å². The Morgan fingerprint density at radius 1 is 1.35 bits per heavy atom. The zero-order chi connectivity index (χ0) is 12.7. The smallest absolute Gasteiger partial charge is 0.224 e. The van der Waals surface area contributed by atoms with Gasteiger partial charge in [0.1, 0.15) is 0 Å². The second-order valence-electron chi connectivity index (χ2n) is 5.45. The van der Waals surface area contributed by atoms with E-state index in [0.717, 1.165) is 19.3 Å². The Morgan fingerprint density at radius 3 is 2.71 bits per heavy atom. The van der Waals surface area contributed by atoms with Crippen molar-refractivity contribution in [2.75, 3.05) is 6.54 Å². The van der Waals surface area contributed by atoms with Gasteiger partial charge in [-0.1, -0.05) is 39.5 Å². The summed E-state index contributed by atoms with van der Waals surface area (Å²) in [5, 5.41) is 3.23. The van der Waals surface area contributed by atoms with Gasteiger partial charge in [0.15, 0.2) is 0 Å². The van der Waals surface area contributed by atoms with E-state index in [1.165, 1.54) is 25.7 Å². The third-order valence-electron chi connectivity index (χ3n) is 3.98. The molecule has 1 amide bonds. The molecule has 1 fully saturated rings. The molecule has 0 bridgehead atoms. The molecule has 17 heavy (non-hydrogen) atoms. The van der Waals surface area contributed by atoms with Gasteiger partial charge in [0.25, 0.3) is 0 Å². The summed E-state index contributed by atoms with van der Waals surface area (Å²) in [4.78, 5) is 12.1. The van der Waals surface area contributed by atoms with Crippen LogP contribution in [0.1, 0.15) is 58.8 Å². The molecule has 0 heterocycles. The predicted octanol–water partition coefficient (Wildman–Crippen LogP) is 2.45. The van der Waals surface area contributed by atoms with Crippen LogP contribution in [0.15, 0.2) is 0 Å². The van der Waals surface area contributed by atoms with Crippen LogP contribution in [-0.2, 0) is 4.79 Å². The van der Waals surface area contributed by atoms with E-state index in [1.807, 2.05) is 0 Å². The summed E-state index contributed by atoms with van der Waals surface area (Å²) in [6.07, 6.45) is 8.17. The van der Waals surface area contributed by atoms with Crippen molar-refractivity contribution in [2.45, 2.75) is 64.8 Å². The zero-order valence-corrected chi connectivity index (χ0v) is 11.4. The van der Waals surface area contributed by atoms with Crippen LogP contribution >= 0.6 is 0 Å². The van der Waals surface area contributed by atoms with Crippen LogP contribution in [0, 0.1) is 11.8 Å². The molecule has 0 aromatic rings. The van der Waals surface area contributed by atoms with E-state index in [1.54, 1.807) is 0 Å². The van der Waals surface area contributed by atoms with Gasteiger partial charge in [-0.25, -0.2) is 0 Å². The number of carbonyl (C=O) groups is 1. The average Bonchev–Trinajstić information content (AvgIpc) is 2.52. The highest BCUT2D eigenvalue weighted by atomic mass is 16.1. The number of amides is 1. The average molecular weight is 240 g/mol. The first kappa shape index (κ1) is 14.5. The summed E-state index contributed by atoms with van der Waals surface area (Å²) in [6.45, 7) is 4.83. The summed E-state index contributed by atoms with van der Waals surface area (Å²) in [7, 11) is 0. The van der Waals surface area contributed by atoms with E-state index in [2.05, 4.69) is 19.2 Å². The van der Waals surface area contributed by atoms with Gasteiger partial charge in [-0.2, -0.15) is 0 Å². The minimum absolute atomic E-state index is 0.00968. The second kappa shape index (κ2) is 7.70. The standard InChI is InChI=1S/C14H28N2O/c1-3-7-12(10-15)14(17)16-13-9-6-4-5-8-11(13)2/h11-13H,3-10,15H2,1-2H3,(H,16,17). The first-order valence-electron chi connectivity index (χ1n) is 7.19. The van der Waals surface area contributed by atoms with Crippen molar-refractivity contribution in [3.05, 3.63) is 0 Å². The maximum atomic E-state index is 12.1. The third-order valence-corrected chi connectivity index (χ3v) is 3.98. The molecular formula is C14H28N2O. The van der Waals surface area contributed by atoms with Crippen molar-refractivity contribution in [2.24, 2.45) is 17.6 Å². The first-order valence-corrected chi connectivity index (χ1v) is 7.19. The number of rotatable bonds is 5. The van der Waals surface area contributed by atoms with Gasteiger partial charge in [0.05, 0.1) is 5.92 Å².